The predicted molar refractivity (Wildman–Crippen MR) is 104 cm³/mol. The van der Waals surface area contributed by atoms with Crippen LogP contribution in [-0.4, -0.2) is 32.6 Å². The Morgan fingerprint density at radius 1 is 1.11 bits per heavy atom. The Balaban J connectivity index is 1.83. The minimum Gasteiger partial charge on any atom is -0.493 e. The molecule has 1 heterocycles. The van der Waals surface area contributed by atoms with Crippen LogP contribution in [0.15, 0.2) is 42.2 Å². The number of hydrogen-bond donors (Lipinski definition) is 0. The minimum atomic E-state index is -0.503. The maximum Gasteiger partial charge on any atom is 0.337 e. The van der Waals surface area contributed by atoms with Gasteiger partial charge in [-0.05, 0) is 48.4 Å². The molecule has 146 valence electrons. The molecular formula is C22H22O6. The van der Waals surface area contributed by atoms with Gasteiger partial charge in [-0.1, -0.05) is 19.4 Å². The molecule has 0 saturated carbocycles. The molecule has 2 aromatic carbocycles. The summed E-state index contributed by atoms with van der Waals surface area (Å²) in [5.74, 6) is 1.04. The highest BCUT2D eigenvalue weighted by molar-refractivity contribution is 6.15. The molecular weight excluding hydrogens is 360 g/mol. The summed E-state index contributed by atoms with van der Waals surface area (Å²) in [5.41, 5.74) is 1.37. The number of benzene rings is 2. The summed E-state index contributed by atoms with van der Waals surface area (Å²) < 4.78 is 21.5. The van der Waals surface area contributed by atoms with Crippen LogP contribution in [0.25, 0.3) is 6.08 Å². The van der Waals surface area contributed by atoms with E-state index in [4.69, 9.17) is 18.9 Å². The van der Waals surface area contributed by atoms with Gasteiger partial charge in [0.05, 0.1) is 32.0 Å². The van der Waals surface area contributed by atoms with Crippen molar-refractivity contribution in [3.8, 4) is 17.2 Å². The van der Waals surface area contributed by atoms with Crippen LogP contribution in [0.2, 0.25) is 0 Å². The van der Waals surface area contributed by atoms with Gasteiger partial charge in [0.15, 0.2) is 17.3 Å². The van der Waals surface area contributed by atoms with Crippen LogP contribution < -0.4 is 14.2 Å². The maximum absolute atomic E-state index is 12.7. The number of esters is 1. The SMILES string of the molecule is CCCCOc1ccc(/C=C2\Oc3ccc(C(=O)OC)cc3C2=O)cc1OC. The number of unbranched alkanes of at least 4 members (excludes halogenated alkanes) is 1. The van der Waals surface area contributed by atoms with Gasteiger partial charge >= 0.3 is 5.97 Å². The second-order valence-corrected chi connectivity index (χ2v) is 6.25. The summed E-state index contributed by atoms with van der Waals surface area (Å²) in [6, 6.07) is 10.1. The van der Waals surface area contributed by atoms with Gasteiger partial charge < -0.3 is 18.9 Å². The highest BCUT2D eigenvalue weighted by Crippen LogP contribution is 2.34. The second-order valence-electron chi connectivity index (χ2n) is 6.25. The van der Waals surface area contributed by atoms with Gasteiger partial charge in [-0.3, -0.25) is 4.79 Å². The van der Waals surface area contributed by atoms with Gasteiger partial charge in [0.25, 0.3) is 0 Å². The van der Waals surface area contributed by atoms with Gasteiger partial charge in [-0.25, -0.2) is 4.79 Å². The molecule has 28 heavy (non-hydrogen) atoms. The third-order valence-corrected chi connectivity index (χ3v) is 4.33. The Hall–Kier alpha value is -3.28. The van der Waals surface area contributed by atoms with Crippen LogP contribution in [0.5, 0.6) is 17.2 Å². The Bertz CT molecular complexity index is 929. The molecule has 0 N–H and O–H groups in total. The zero-order chi connectivity index (χ0) is 20.1. The molecule has 0 fully saturated rings. The van der Waals surface area contributed by atoms with Gasteiger partial charge in [-0.15, -0.1) is 0 Å². The van der Waals surface area contributed by atoms with Gasteiger partial charge in [-0.2, -0.15) is 0 Å². The minimum absolute atomic E-state index is 0.179. The number of rotatable bonds is 7. The van der Waals surface area contributed by atoms with E-state index in [0.717, 1.165) is 18.4 Å². The number of carbonyl (C=O) groups is 2. The summed E-state index contributed by atoms with van der Waals surface area (Å²) in [4.78, 5) is 24.3. The molecule has 0 unspecified atom stereocenters. The largest absolute Gasteiger partial charge is 0.493 e. The average molecular weight is 382 g/mol. The third kappa shape index (κ3) is 4.01. The Morgan fingerprint density at radius 3 is 2.64 bits per heavy atom. The fourth-order valence-corrected chi connectivity index (χ4v) is 2.80. The number of carbonyl (C=O) groups excluding carboxylic acids is 2. The molecule has 6 heteroatoms. The van der Waals surface area contributed by atoms with Gasteiger partial charge in [0.2, 0.25) is 5.78 Å². The van der Waals surface area contributed by atoms with E-state index in [1.54, 1.807) is 31.4 Å². The molecule has 3 rings (SSSR count). The highest BCUT2D eigenvalue weighted by Gasteiger charge is 2.28. The van der Waals surface area contributed by atoms with Crippen LogP contribution >= 0.6 is 0 Å². The number of ketones is 1. The predicted octanol–water partition coefficient (Wildman–Crippen LogP) is 4.28. The van der Waals surface area contributed by atoms with E-state index in [2.05, 4.69) is 6.92 Å². The molecule has 0 aromatic heterocycles. The average Bonchev–Trinajstić information content (AvgIpc) is 3.03. The van der Waals surface area contributed by atoms with Crippen LogP contribution in [0.3, 0.4) is 0 Å². The Labute approximate surface area is 163 Å². The number of methoxy groups -OCH3 is 2. The molecule has 0 saturated heterocycles. The molecule has 0 amide bonds. The van der Waals surface area contributed by atoms with Crippen LogP contribution in [0.4, 0.5) is 0 Å². The summed E-state index contributed by atoms with van der Waals surface area (Å²) in [6.45, 7) is 2.72. The van der Waals surface area contributed by atoms with E-state index in [0.29, 0.717) is 35.0 Å². The third-order valence-electron chi connectivity index (χ3n) is 4.33. The van der Waals surface area contributed by atoms with E-state index >= 15 is 0 Å². The Kier molecular flexibility index (Phi) is 5.99. The molecule has 0 bridgehead atoms. The van der Waals surface area contributed by atoms with Crippen molar-refractivity contribution in [1.29, 1.82) is 0 Å². The molecule has 2 aromatic rings. The van der Waals surface area contributed by atoms with Crippen molar-refractivity contribution in [2.24, 2.45) is 0 Å². The summed E-state index contributed by atoms with van der Waals surface area (Å²) in [7, 11) is 2.86. The maximum atomic E-state index is 12.7. The molecule has 6 nitrogen and oxygen atoms in total. The van der Waals surface area contributed by atoms with Crippen LogP contribution in [0, 0.1) is 0 Å². The summed E-state index contributed by atoms with van der Waals surface area (Å²) in [5, 5.41) is 0. The zero-order valence-corrected chi connectivity index (χ0v) is 16.1. The van der Waals surface area contributed by atoms with Crippen molar-refractivity contribution < 1.29 is 28.5 Å². The summed E-state index contributed by atoms with van der Waals surface area (Å²) >= 11 is 0. The highest BCUT2D eigenvalue weighted by atomic mass is 16.5. The fraction of sp³-hybridized carbons (Fsp3) is 0.273. The van der Waals surface area contributed by atoms with E-state index in [1.165, 1.54) is 13.2 Å². The van der Waals surface area contributed by atoms with E-state index in [9.17, 15) is 9.59 Å². The monoisotopic (exact) mass is 382 g/mol. The first-order valence-electron chi connectivity index (χ1n) is 9.04. The molecule has 1 aliphatic heterocycles. The lowest BCUT2D eigenvalue weighted by atomic mass is 10.1. The first kappa shape index (κ1) is 19.5. The topological polar surface area (TPSA) is 71.1 Å². The standard InChI is InChI=1S/C22H22O6/c1-4-5-10-27-18-8-6-14(11-19(18)25-2)12-20-21(23)16-13-15(22(24)26-3)7-9-17(16)28-20/h6-9,11-13H,4-5,10H2,1-3H3/b20-12-. The molecule has 0 aliphatic carbocycles. The van der Waals surface area contributed by atoms with Crippen LogP contribution in [-0.2, 0) is 4.74 Å². The first-order valence-corrected chi connectivity index (χ1v) is 9.04. The fourth-order valence-electron chi connectivity index (χ4n) is 2.80. The van der Waals surface area contributed by atoms with Crippen molar-refractivity contribution >= 4 is 17.8 Å². The normalized spacial score (nSPS) is 13.8. The summed E-state index contributed by atoms with van der Waals surface area (Å²) in [6.07, 6.45) is 3.64. The number of ether oxygens (including phenoxy) is 4. The molecule has 1 aliphatic rings. The van der Waals surface area contributed by atoms with E-state index < -0.39 is 5.97 Å². The van der Waals surface area contributed by atoms with Crippen molar-refractivity contribution in [3.05, 3.63) is 58.8 Å². The number of Topliss-reactive ketones (excluding diaryl/α,β-unsaturated/α-hetero) is 1. The number of fused-ring (bicyclic) bond motifs is 1. The van der Waals surface area contributed by atoms with Gasteiger partial charge in [0, 0.05) is 0 Å². The quantitative estimate of drug-likeness (QED) is 0.404. The number of hydrogen-bond acceptors (Lipinski definition) is 6. The van der Waals surface area contributed by atoms with E-state index in [1.807, 2.05) is 12.1 Å². The first-order chi connectivity index (χ1) is 13.6. The lowest BCUT2D eigenvalue weighted by Gasteiger charge is -2.11. The van der Waals surface area contributed by atoms with Crippen molar-refractivity contribution in [2.75, 3.05) is 20.8 Å². The smallest absolute Gasteiger partial charge is 0.337 e. The second kappa shape index (κ2) is 8.61. The van der Waals surface area contributed by atoms with Gasteiger partial charge in [0.1, 0.15) is 5.75 Å². The lowest BCUT2D eigenvalue weighted by molar-refractivity contribution is 0.0600. The van der Waals surface area contributed by atoms with Crippen molar-refractivity contribution in [2.45, 2.75) is 19.8 Å². The zero-order valence-electron chi connectivity index (χ0n) is 16.1. The lowest BCUT2D eigenvalue weighted by Crippen LogP contribution is -2.03. The number of allylic oxidation sites excluding steroid dienone is 1. The molecule has 0 radical (unpaired) electrons. The molecule has 0 atom stereocenters. The van der Waals surface area contributed by atoms with Crippen molar-refractivity contribution in [3.63, 3.8) is 0 Å². The van der Waals surface area contributed by atoms with E-state index in [-0.39, 0.29) is 11.5 Å². The molecule has 0 spiro atoms. The van der Waals surface area contributed by atoms with Crippen LogP contribution in [0.1, 0.15) is 46.0 Å². The Morgan fingerprint density at radius 2 is 1.93 bits per heavy atom. The van der Waals surface area contributed by atoms with Crippen molar-refractivity contribution in [1.82, 2.24) is 0 Å².